The van der Waals surface area contributed by atoms with Gasteiger partial charge in [-0.05, 0) is 35.4 Å². The smallest absolute Gasteiger partial charge is 0.244 e. The monoisotopic (exact) mass is 296 g/mol. The predicted molar refractivity (Wildman–Crippen MR) is 91.1 cm³/mol. The van der Waals surface area contributed by atoms with Crippen molar-refractivity contribution in [1.82, 2.24) is 5.43 Å². The Morgan fingerprint density at radius 2 is 1.77 bits per heavy atom. The van der Waals surface area contributed by atoms with E-state index in [0.29, 0.717) is 5.69 Å². The van der Waals surface area contributed by atoms with Crippen molar-refractivity contribution in [3.05, 3.63) is 59.7 Å². The highest BCUT2D eigenvalue weighted by Crippen LogP contribution is 2.10. The SMILES string of the molecule is CN(C)c1ccc(/C=N\NC(=O)Cc2ccc(N)cc2)cc1. The molecule has 0 atom stereocenters. The van der Waals surface area contributed by atoms with Crippen molar-refractivity contribution < 1.29 is 4.79 Å². The molecule has 0 fully saturated rings. The van der Waals surface area contributed by atoms with Crippen molar-refractivity contribution in [1.29, 1.82) is 0 Å². The quantitative estimate of drug-likeness (QED) is 0.504. The van der Waals surface area contributed by atoms with Crippen LogP contribution in [0, 0.1) is 0 Å². The van der Waals surface area contributed by atoms with E-state index >= 15 is 0 Å². The van der Waals surface area contributed by atoms with E-state index in [9.17, 15) is 4.79 Å². The third kappa shape index (κ3) is 4.63. The largest absolute Gasteiger partial charge is 0.399 e. The molecule has 0 saturated carbocycles. The summed E-state index contributed by atoms with van der Waals surface area (Å²) >= 11 is 0. The van der Waals surface area contributed by atoms with E-state index in [1.54, 1.807) is 18.3 Å². The van der Waals surface area contributed by atoms with Crippen LogP contribution in [0.4, 0.5) is 11.4 Å². The second kappa shape index (κ2) is 7.26. The minimum Gasteiger partial charge on any atom is -0.399 e. The fourth-order valence-electron chi connectivity index (χ4n) is 1.90. The molecule has 2 rings (SSSR count). The number of nitrogens with two attached hydrogens (primary N) is 1. The number of carbonyl (C=O) groups is 1. The first-order valence-corrected chi connectivity index (χ1v) is 6.98. The van der Waals surface area contributed by atoms with Gasteiger partial charge in [0.25, 0.3) is 0 Å². The van der Waals surface area contributed by atoms with E-state index in [0.717, 1.165) is 16.8 Å². The second-order valence-electron chi connectivity index (χ2n) is 5.20. The molecule has 5 nitrogen and oxygen atoms in total. The summed E-state index contributed by atoms with van der Waals surface area (Å²) in [5.41, 5.74) is 11.8. The summed E-state index contributed by atoms with van der Waals surface area (Å²) in [6.45, 7) is 0. The molecule has 1 amide bonds. The first-order chi connectivity index (χ1) is 10.5. The van der Waals surface area contributed by atoms with Crippen LogP contribution in [0.2, 0.25) is 0 Å². The van der Waals surface area contributed by atoms with Gasteiger partial charge >= 0.3 is 0 Å². The van der Waals surface area contributed by atoms with Gasteiger partial charge in [-0.1, -0.05) is 24.3 Å². The zero-order valence-electron chi connectivity index (χ0n) is 12.8. The van der Waals surface area contributed by atoms with Gasteiger partial charge in [0.1, 0.15) is 0 Å². The molecule has 5 heteroatoms. The van der Waals surface area contributed by atoms with Gasteiger partial charge in [-0.2, -0.15) is 5.10 Å². The first kappa shape index (κ1) is 15.6. The number of anilines is 2. The summed E-state index contributed by atoms with van der Waals surface area (Å²) in [7, 11) is 3.97. The Balaban J connectivity index is 1.86. The number of hydrogen-bond donors (Lipinski definition) is 2. The van der Waals surface area contributed by atoms with Crippen molar-refractivity contribution in [3.63, 3.8) is 0 Å². The van der Waals surface area contributed by atoms with Crippen LogP contribution in [-0.2, 0) is 11.2 Å². The van der Waals surface area contributed by atoms with E-state index in [-0.39, 0.29) is 12.3 Å². The van der Waals surface area contributed by atoms with Crippen molar-refractivity contribution in [3.8, 4) is 0 Å². The molecule has 0 saturated heterocycles. The molecule has 0 aliphatic rings. The molecule has 0 aliphatic carbocycles. The van der Waals surface area contributed by atoms with Gasteiger partial charge in [-0.3, -0.25) is 4.79 Å². The summed E-state index contributed by atoms with van der Waals surface area (Å²) in [6, 6.07) is 15.1. The number of amides is 1. The van der Waals surface area contributed by atoms with Crippen LogP contribution >= 0.6 is 0 Å². The highest BCUT2D eigenvalue weighted by atomic mass is 16.2. The Kier molecular flexibility index (Phi) is 5.14. The molecule has 0 radical (unpaired) electrons. The maximum absolute atomic E-state index is 11.8. The van der Waals surface area contributed by atoms with E-state index in [1.807, 2.05) is 55.4 Å². The van der Waals surface area contributed by atoms with Gasteiger partial charge in [0.05, 0.1) is 12.6 Å². The summed E-state index contributed by atoms with van der Waals surface area (Å²) < 4.78 is 0. The maximum atomic E-state index is 11.8. The fourth-order valence-corrected chi connectivity index (χ4v) is 1.90. The van der Waals surface area contributed by atoms with Crippen molar-refractivity contribution in [2.24, 2.45) is 5.10 Å². The molecule has 0 bridgehead atoms. The van der Waals surface area contributed by atoms with Gasteiger partial charge in [0.2, 0.25) is 5.91 Å². The molecule has 0 unspecified atom stereocenters. The molecule has 114 valence electrons. The van der Waals surface area contributed by atoms with E-state index in [4.69, 9.17) is 5.73 Å². The number of benzene rings is 2. The van der Waals surface area contributed by atoms with Crippen LogP contribution in [0.3, 0.4) is 0 Å². The molecular formula is C17H20N4O. The van der Waals surface area contributed by atoms with Crippen LogP contribution in [0.15, 0.2) is 53.6 Å². The Morgan fingerprint density at radius 3 is 2.36 bits per heavy atom. The molecular weight excluding hydrogens is 276 g/mol. The summed E-state index contributed by atoms with van der Waals surface area (Å²) in [5, 5.41) is 3.97. The molecule has 3 N–H and O–H groups in total. The zero-order valence-corrected chi connectivity index (χ0v) is 12.8. The molecule has 0 heterocycles. The summed E-state index contributed by atoms with van der Waals surface area (Å²) in [6.07, 6.45) is 1.90. The van der Waals surface area contributed by atoms with Gasteiger partial charge in [0, 0.05) is 25.5 Å². The maximum Gasteiger partial charge on any atom is 0.244 e. The number of nitrogens with zero attached hydrogens (tertiary/aromatic N) is 2. The lowest BCUT2D eigenvalue weighted by Gasteiger charge is -2.11. The van der Waals surface area contributed by atoms with Gasteiger partial charge < -0.3 is 10.6 Å². The van der Waals surface area contributed by atoms with Crippen LogP contribution in [0.5, 0.6) is 0 Å². The van der Waals surface area contributed by atoms with Crippen LogP contribution in [0.25, 0.3) is 0 Å². The number of carbonyl (C=O) groups excluding carboxylic acids is 1. The highest BCUT2D eigenvalue weighted by molar-refractivity contribution is 5.83. The third-order valence-electron chi connectivity index (χ3n) is 3.16. The lowest BCUT2D eigenvalue weighted by molar-refractivity contribution is -0.120. The normalized spacial score (nSPS) is 10.6. The molecule has 0 aliphatic heterocycles. The Labute approximate surface area is 130 Å². The fraction of sp³-hybridized carbons (Fsp3) is 0.176. The average Bonchev–Trinajstić information content (AvgIpc) is 2.50. The van der Waals surface area contributed by atoms with Crippen molar-refractivity contribution >= 4 is 23.5 Å². The number of hydrazone groups is 1. The number of rotatable bonds is 5. The first-order valence-electron chi connectivity index (χ1n) is 6.98. The molecule has 22 heavy (non-hydrogen) atoms. The predicted octanol–water partition coefficient (Wildman–Crippen LogP) is 2.03. The molecule has 0 aromatic heterocycles. The van der Waals surface area contributed by atoms with E-state index in [1.165, 1.54) is 0 Å². The molecule has 0 spiro atoms. The van der Waals surface area contributed by atoms with E-state index in [2.05, 4.69) is 10.5 Å². The number of nitrogens with one attached hydrogen (secondary N) is 1. The molecule has 2 aromatic rings. The molecule has 2 aromatic carbocycles. The highest BCUT2D eigenvalue weighted by Gasteiger charge is 2.01. The zero-order chi connectivity index (χ0) is 15.9. The summed E-state index contributed by atoms with van der Waals surface area (Å²) in [5.74, 6) is -0.161. The lowest BCUT2D eigenvalue weighted by atomic mass is 10.1. The van der Waals surface area contributed by atoms with Gasteiger partial charge in [0.15, 0.2) is 0 Å². The van der Waals surface area contributed by atoms with Crippen molar-refractivity contribution in [2.45, 2.75) is 6.42 Å². The lowest BCUT2D eigenvalue weighted by Crippen LogP contribution is -2.19. The van der Waals surface area contributed by atoms with E-state index < -0.39 is 0 Å². The minimum atomic E-state index is -0.161. The van der Waals surface area contributed by atoms with Crippen LogP contribution in [0.1, 0.15) is 11.1 Å². The average molecular weight is 296 g/mol. The Bertz CT molecular complexity index is 645. The number of nitrogen functional groups attached to an aromatic ring is 1. The standard InChI is InChI=1S/C17H20N4O/c1-21(2)16-9-5-14(6-10-16)12-19-20-17(22)11-13-3-7-15(18)8-4-13/h3-10,12H,11,18H2,1-2H3,(H,20,22)/b19-12-. The van der Waals surface area contributed by atoms with Gasteiger partial charge in [-0.15, -0.1) is 0 Å². The topological polar surface area (TPSA) is 70.7 Å². The number of hydrogen-bond acceptors (Lipinski definition) is 4. The van der Waals surface area contributed by atoms with Crippen LogP contribution < -0.4 is 16.1 Å². The Hall–Kier alpha value is -2.82. The van der Waals surface area contributed by atoms with Crippen LogP contribution in [-0.4, -0.2) is 26.2 Å². The summed E-state index contributed by atoms with van der Waals surface area (Å²) in [4.78, 5) is 13.8. The minimum absolute atomic E-state index is 0.161. The van der Waals surface area contributed by atoms with Gasteiger partial charge in [-0.25, -0.2) is 5.43 Å². The second-order valence-corrected chi connectivity index (χ2v) is 5.20. The Morgan fingerprint density at radius 1 is 1.14 bits per heavy atom. The third-order valence-corrected chi connectivity index (χ3v) is 3.16. The van der Waals surface area contributed by atoms with Crippen molar-refractivity contribution in [2.75, 3.05) is 24.7 Å².